The Morgan fingerprint density at radius 1 is 1.28 bits per heavy atom. The third kappa shape index (κ3) is 3.77. The van der Waals surface area contributed by atoms with Gasteiger partial charge in [-0.25, -0.2) is 0 Å². The number of hydrogen-bond acceptors (Lipinski definition) is 5. The van der Waals surface area contributed by atoms with Crippen LogP contribution in [0, 0.1) is 0 Å². The van der Waals surface area contributed by atoms with Crippen molar-refractivity contribution >= 4 is 40.1 Å². The average molecular weight is 374 g/mol. The van der Waals surface area contributed by atoms with E-state index in [0.717, 1.165) is 0 Å². The molecule has 1 aliphatic rings. The highest BCUT2D eigenvalue weighted by molar-refractivity contribution is 8.24. The van der Waals surface area contributed by atoms with Gasteiger partial charge < -0.3 is 9.73 Å². The average Bonchev–Trinajstić information content (AvgIpc) is 3.09. The molecule has 0 radical (unpaired) electrons. The molecule has 2 aromatic rings. The van der Waals surface area contributed by atoms with E-state index in [1.165, 1.54) is 16.7 Å². The molecule has 1 N–H and O–H groups in total. The molecule has 130 valence electrons. The normalized spacial score (nSPS) is 19.8. The van der Waals surface area contributed by atoms with Crippen LogP contribution in [0.3, 0.4) is 0 Å². The molecule has 1 aromatic heterocycles. The molecule has 2 heterocycles. The van der Waals surface area contributed by atoms with Crippen LogP contribution >= 0.6 is 24.0 Å². The maximum absolute atomic E-state index is 13.0. The van der Waals surface area contributed by atoms with Crippen LogP contribution in [0.2, 0.25) is 0 Å². The molecule has 1 saturated heterocycles. The van der Waals surface area contributed by atoms with E-state index in [-0.39, 0.29) is 18.4 Å². The standard InChI is InChI=1S/C18H18N2O3S2/c1-18(2)14(19-15(21)12-7-4-3-5-8-12)16(22)20(17(24)25-18)11-13-9-6-10-23-13/h3-10,14H,11H2,1-2H3,(H,19,21). The molecular formula is C18H18N2O3S2. The van der Waals surface area contributed by atoms with E-state index >= 15 is 0 Å². The summed E-state index contributed by atoms with van der Waals surface area (Å²) < 4.78 is 5.26. The molecule has 0 aliphatic carbocycles. The van der Waals surface area contributed by atoms with E-state index in [0.29, 0.717) is 15.6 Å². The van der Waals surface area contributed by atoms with Gasteiger partial charge in [0.2, 0.25) is 0 Å². The Balaban J connectivity index is 1.81. The fourth-order valence-electron chi connectivity index (χ4n) is 2.62. The second-order valence-corrected chi connectivity index (χ2v) is 8.54. The highest BCUT2D eigenvalue weighted by atomic mass is 32.2. The molecule has 0 spiro atoms. The minimum Gasteiger partial charge on any atom is -0.467 e. The maximum atomic E-state index is 13.0. The van der Waals surface area contributed by atoms with Crippen molar-refractivity contribution in [2.24, 2.45) is 0 Å². The van der Waals surface area contributed by atoms with Gasteiger partial charge in [-0.2, -0.15) is 0 Å². The minimum absolute atomic E-state index is 0.227. The number of nitrogens with zero attached hydrogens (tertiary/aromatic N) is 1. The lowest BCUT2D eigenvalue weighted by atomic mass is 10.0. The Labute approximate surface area is 155 Å². The van der Waals surface area contributed by atoms with Gasteiger partial charge in [0.15, 0.2) is 0 Å². The van der Waals surface area contributed by atoms with Crippen molar-refractivity contribution < 1.29 is 14.0 Å². The lowest BCUT2D eigenvalue weighted by Gasteiger charge is -2.42. The summed E-state index contributed by atoms with van der Waals surface area (Å²) in [5.41, 5.74) is 0.516. The van der Waals surface area contributed by atoms with E-state index in [4.69, 9.17) is 16.6 Å². The molecule has 2 amide bonds. The Morgan fingerprint density at radius 3 is 2.64 bits per heavy atom. The lowest BCUT2D eigenvalue weighted by molar-refractivity contribution is -0.130. The van der Waals surface area contributed by atoms with Crippen molar-refractivity contribution in [3.05, 3.63) is 60.1 Å². The SMILES string of the molecule is CC1(C)SC(=S)N(Cc2ccco2)C(=O)C1NC(=O)c1ccccc1. The number of benzene rings is 1. The van der Waals surface area contributed by atoms with Crippen LogP contribution in [0.1, 0.15) is 30.0 Å². The zero-order valence-corrected chi connectivity index (χ0v) is 15.5. The number of nitrogens with one attached hydrogen (secondary N) is 1. The molecule has 1 unspecified atom stereocenters. The van der Waals surface area contributed by atoms with Gasteiger partial charge in [0.1, 0.15) is 16.1 Å². The predicted octanol–water partition coefficient (Wildman–Crippen LogP) is 3.22. The summed E-state index contributed by atoms with van der Waals surface area (Å²) in [4.78, 5) is 27.0. The lowest BCUT2D eigenvalue weighted by Crippen LogP contribution is -2.62. The van der Waals surface area contributed by atoms with E-state index in [1.54, 1.807) is 42.7 Å². The second kappa shape index (κ2) is 7.01. The molecule has 3 rings (SSSR count). The maximum Gasteiger partial charge on any atom is 0.252 e. The Hall–Kier alpha value is -2.12. The zero-order valence-electron chi connectivity index (χ0n) is 13.9. The van der Waals surface area contributed by atoms with Crippen molar-refractivity contribution in [3.63, 3.8) is 0 Å². The van der Waals surface area contributed by atoms with Crippen LogP contribution in [0.15, 0.2) is 53.1 Å². The highest BCUT2D eigenvalue weighted by Gasteiger charge is 2.46. The molecule has 1 aliphatic heterocycles. The van der Waals surface area contributed by atoms with Crippen LogP contribution in [0.5, 0.6) is 0 Å². The van der Waals surface area contributed by atoms with Crippen molar-refractivity contribution in [1.29, 1.82) is 0 Å². The Bertz CT molecular complexity index is 788. The van der Waals surface area contributed by atoms with Gasteiger partial charge in [0.25, 0.3) is 11.8 Å². The number of thiocarbonyl (C=S) groups is 1. The van der Waals surface area contributed by atoms with E-state index in [1.807, 2.05) is 19.9 Å². The molecule has 25 heavy (non-hydrogen) atoms. The topological polar surface area (TPSA) is 62.6 Å². The molecule has 0 saturated carbocycles. The summed E-state index contributed by atoms with van der Waals surface area (Å²) in [6, 6.07) is 11.7. The first-order valence-electron chi connectivity index (χ1n) is 7.81. The fraction of sp³-hybridized carbons (Fsp3) is 0.278. The summed E-state index contributed by atoms with van der Waals surface area (Å²) in [6.45, 7) is 4.07. The van der Waals surface area contributed by atoms with Crippen molar-refractivity contribution in [3.8, 4) is 0 Å². The third-order valence-corrected chi connectivity index (χ3v) is 5.61. The number of furan rings is 1. The van der Waals surface area contributed by atoms with Gasteiger partial charge in [-0.15, -0.1) is 0 Å². The van der Waals surface area contributed by atoms with Crippen LogP contribution in [0.4, 0.5) is 0 Å². The highest BCUT2D eigenvalue weighted by Crippen LogP contribution is 2.37. The zero-order chi connectivity index (χ0) is 18.0. The Kier molecular flexibility index (Phi) is 4.96. The third-order valence-electron chi connectivity index (χ3n) is 3.98. The number of rotatable bonds is 4. The quantitative estimate of drug-likeness (QED) is 0.833. The van der Waals surface area contributed by atoms with Crippen LogP contribution in [0.25, 0.3) is 0 Å². The number of hydrogen-bond donors (Lipinski definition) is 1. The van der Waals surface area contributed by atoms with Gasteiger partial charge in [0, 0.05) is 10.3 Å². The molecule has 1 atom stereocenters. The number of carbonyl (C=O) groups is 2. The Morgan fingerprint density at radius 2 is 2.00 bits per heavy atom. The molecule has 7 heteroatoms. The summed E-state index contributed by atoms with van der Waals surface area (Å²) in [5.74, 6) is 0.136. The van der Waals surface area contributed by atoms with Crippen LogP contribution < -0.4 is 5.32 Å². The monoisotopic (exact) mass is 374 g/mol. The molecular weight excluding hydrogens is 356 g/mol. The first-order valence-corrected chi connectivity index (χ1v) is 9.03. The van der Waals surface area contributed by atoms with Gasteiger partial charge in [0.05, 0.1) is 12.8 Å². The second-order valence-electron chi connectivity index (χ2n) is 6.25. The fourth-order valence-corrected chi connectivity index (χ4v) is 4.41. The molecule has 0 bridgehead atoms. The van der Waals surface area contributed by atoms with Crippen molar-refractivity contribution in [1.82, 2.24) is 10.2 Å². The summed E-state index contributed by atoms with van der Waals surface area (Å²) >= 11 is 6.80. The minimum atomic E-state index is -0.688. The van der Waals surface area contributed by atoms with E-state index in [9.17, 15) is 9.59 Å². The first kappa shape index (κ1) is 17.7. The largest absolute Gasteiger partial charge is 0.467 e. The first-order chi connectivity index (χ1) is 11.9. The van der Waals surface area contributed by atoms with Crippen LogP contribution in [-0.4, -0.2) is 31.8 Å². The van der Waals surface area contributed by atoms with Gasteiger partial charge in [-0.3, -0.25) is 14.5 Å². The molecule has 1 aromatic carbocycles. The van der Waals surface area contributed by atoms with Gasteiger partial charge in [-0.1, -0.05) is 42.2 Å². The summed E-state index contributed by atoms with van der Waals surface area (Å²) in [5, 5.41) is 2.86. The van der Waals surface area contributed by atoms with Crippen LogP contribution in [-0.2, 0) is 11.3 Å². The number of amides is 2. The number of thioether (sulfide) groups is 1. The molecule has 5 nitrogen and oxygen atoms in total. The van der Waals surface area contributed by atoms with Gasteiger partial charge >= 0.3 is 0 Å². The summed E-state index contributed by atoms with van der Waals surface area (Å²) in [7, 11) is 0. The van der Waals surface area contributed by atoms with Gasteiger partial charge in [-0.05, 0) is 38.1 Å². The number of carbonyl (C=O) groups excluding carboxylic acids is 2. The predicted molar refractivity (Wildman–Crippen MR) is 101 cm³/mol. The van der Waals surface area contributed by atoms with E-state index in [2.05, 4.69) is 5.32 Å². The molecule has 1 fully saturated rings. The van der Waals surface area contributed by atoms with E-state index < -0.39 is 10.8 Å². The van der Waals surface area contributed by atoms with Crippen molar-refractivity contribution in [2.75, 3.05) is 0 Å². The van der Waals surface area contributed by atoms with Crippen molar-refractivity contribution in [2.45, 2.75) is 31.2 Å². The smallest absolute Gasteiger partial charge is 0.252 e. The summed E-state index contributed by atoms with van der Waals surface area (Å²) in [6.07, 6.45) is 1.55.